The molecule has 25 heavy (non-hydrogen) atoms. The highest BCUT2D eigenvalue weighted by atomic mass is 16.5. The summed E-state index contributed by atoms with van der Waals surface area (Å²) in [5.74, 6) is 0.466. The number of fused-ring (bicyclic) bond motifs is 1. The Hall–Kier alpha value is -2.93. The van der Waals surface area contributed by atoms with Crippen molar-refractivity contribution in [3.63, 3.8) is 0 Å². The SMILES string of the molecule is COc1cccc2[nH]c(-c3cncc(C(=O)NCC(C)(C)N)n3)cc12. The highest BCUT2D eigenvalue weighted by Gasteiger charge is 2.16. The van der Waals surface area contributed by atoms with E-state index in [-0.39, 0.29) is 11.6 Å². The minimum absolute atomic E-state index is 0.243. The Balaban J connectivity index is 1.90. The van der Waals surface area contributed by atoms with Gasteiger partial charge in [-0.3, -0.25) is 9.78 Å². The maximum Gasteiger partial charge on any atom is 0.271 e. The fourth-order valence-electron chi connectivity index (χ4n) is 2.45. The van der Waals surface area contributed by atoms with Crippen molar-refractivity contribution in [1.29, 1.82) is 0 Å². The van der Waals surface area contributed by atoms with Crippen LogP contribution in [0.3, 0.4) is 0 Å². The van der Waals surface area contributed by atoms with Crippen molar-refractivity contribution in [1.82, 2.24) is 20.3 Å². The number of carbonyl (C=O) groups excluding carboxylic acids is 1. The molecule has 0 bridgehead atoms. The molecule has 0 aliphatic rings. The number of aromatic nitrogens is 3. The highest BCUT2D eigenvalue weighted by Crippen LogP contribution is 2.29. The van der Waals surface area contributed by atoms with E-state index in [9.17, 15) is 4.79 Å². The molecule has 7 nitrogen and oxygen atoms in total. The first-order valence-electron chi connectivity index (χ1n) is 7.92. The number of amides is 1. The average Bonchev–Trinajstić information content (AvgIpc) is 3.03. The third-order valence-corrected chi connectivity index (χ3v) is 3.69. The van der Waals surface area contributed by atoms with Crippen LogP contribution in [0.4, 0.5) is 0 Å². The van der Waals surface area contributed by atoms with Gasteiger partial charge in [-0.25, -0.2) is 4.98 Å². The van der Waals surface area contributed by atoms with Gasteiger partial charge in [-0.05, 0) is 32.0 Å². The second-order valence-corrected chi connectivity index (χ2v) is 6.57. The number of benzene rings is 1. The van der Waals surface area contributed by atoms with Crippen molar-refractivity contribution in [3.05, 3.63) is 42.4 Å². The summed E-state index contributed by atoms with van der Waals surface area (Å²) in [4.78, 5) is 24.1. The molecule has 130 valence electrons. The van der Waals surface area contributed by atoms with Crippen molar-refractivity contribution < 1.29 is 9.53 Å². The largest absolute Gasteiger partial charge is 0.496 e. The van der Waals surface area contributed by atoms with Crippen molar-refractivity contribution in [2.24, 2.45) is 5.73 Å². The first-order valence-corrected chi connectivity index (χ1v) is 7.92. The van der Waals surface area contributed by atoms with E-state index in [0.29, 0.717) is 12.2 Å². The van der Waals surface area contributed by atoms with Crippen LogP contribution in [0, 0.1) is 0 Å². The van der Waals surface area contributed by atoms with Gasteiger partial charge in [0.2, 0.25) is 0 Å². The van der Waals surface area contributed by atoms with Crippen molar-refractivity contribution in [3.8, 4) is 17.1 Å². The molecule has 2 heterocycles. The Morgan fingerprint density at radius 2 is 2.16 bits per heavy atom. The summed E-state index contributed by atoms with van der Waals surface area (Å²) in [5, 5.41) is 3.71. The van der Waals surface area contributed by atoms with E-state index in [1.165, 1.54) is 6.20 Å². The van der Waals surface area contributed by atoms with Gasteiger partial charge in [-0.1, -0.05) is 6.07 Å². The Morgan fingerprint density at radius 3 is 2.88 bits per heavy atom. The standard InChI is InChI=1S/C18H21N5O2/c1-18(2,19)10-21-17(24)15-9-20-8-14(23-15)13-7-11-12(22-13)5-4-6-16(11)25-3/h4-9,22H,10,19H2,1-3H3,(H,21,24). The van der Waals surface area contributed by atoms with E-state index < -0.39 is 5.54 Å². The Labute approximate surface area is 145 Å². The number of nitrogens with zero attached hydrogens (tertiary/aromatic N) is 2. The van der Waals surface area contributed by atoms with Crippen LogP contribution >= 0.6 is 0 Å². The number of aromatic amines is 1. The number of nitrogens with one attached hydrogen (secondary N) is 2. The van der Waals surface area contributed by atoms with Gasteiger partial charge >= 0.3 is 0 Å². The molecule has 0 fully saturated rings. The van der Waals surface area contributed by atoms with Crippen LogP contribution in [0.1, 0.15) is 24.3 Å². The lowest BCUT2D eigenvalue weighted by molar-refractivity contribution is 0.0940. The number of hydrogen-bond acceptors (Lipinski definition) is 5. The predicted octanol–water partition coefficient (Wildman–Crippen LogP) is 2.10. The maximum atomic E-state index is 12.2. The molecule has 0 spiro atoms. The molecule has 2 aromatic heterocycles. The van der Waals surface area contributed by atoms with Gasteiger partial charge in [0.15, 0.2) is 0 Å². The summed E-state index contributed by atoms with van der Waals surface area (Å²) in [6.07, 6.45) is 3.05. The van der Waals surface area contributed by atoms with Crippen LogP contribution in [-0.2, 0) is 0 Å². The molecule has 0 saturated carbocycles. The number of ether oxygens (including phenoxy) is 1. The Morgan fingerprint density at radius 1 is 1.36 bits per heavy atom. The van der Waals surface area contributed by atoms with E-state index in [1.807, 2.05) is 38.1 Å². The second kappa shape index (κ2) is 6.52. The molecule has 4 N–H and O–H groups in total. The van der Waals surface area contributed by atoms with E-state index in [0.717, 1.165) is 22.3 Å². The lowest BCUT2D eigenvalue weighted by atomic mass is 10.1. The number of H-pyrrole nitrogens is 1. The summed E-state index contributed by atoms with van der Waals surface area (Å²) in [6.45, 7) is 4.03. The molecule has 3 rings (SSSR count). The molecule has 0 radical (unpaired) electrons. The molecule has 0 aliphatic carbocycles. The van der Waals surface area contributed by atoms with E-state index in [4.69, 9.17) is 10.5 Å². The Bertz CT molecular complexity index is 911. The molecular weight excluding hydrogens is 318 g/mol. The fraction of sp³-hybridized carbons (Fsp3) is 0.278. The molecule has 3 aromatic rings. The second-order valence-electron chi connectivity index (χ2n) is 6.57. The lowest BCUT2D eigenvalue weighted by Crippen LogP contribution is -2.45. The normalized spacial score (nSPS) is 11.5. The van der Waals surface area contributed by atoms with Crippen molar-refractivity contribution >= 4 is 16.8 Å². The van der Waals surface area contributed by atoms with Crippen LogP contribution in [-0.4, -0.2) is 40.1 Å². The average molecular weight is 339 g/mol. The smallest absolute Gasteiger partial charge is 0.271 e. The zero-order valence-electron chi connectivity index (χ0n) is 14.5. The third kappa shape index (κ3) is 3.77. The fourth-order valence-corrected chi connectivity index (χ4v) is 2.45. The van der Waals surface area contributed by atoms with Gasteiger partial charge in [0, 0.05) is 23.0 Å². The van der Waals surface area contributed by atoms with Crippen LogP contribution in [0.5, 0.6) is 5.75 Å². The van der Waals surface area contributed by atoms with Gasteiger partial charge in [-0.2, -0.15) is 0 Å². The summed E-state index contributed by atoms with van der Waals surface area (Å²) in [5.41, 5.74) is 7.91. The molecule has 0 unspecified atom stereocenters. The molecule has 1 aromatic carbocycles. The molecular formula is C18H21N5O2. The third-order valence-electron chi connectivity index (χ3n) is 3.69. The number of hydrogen-bond donors (Lipinski definition) is 3. The van der Waals surface area contributed by atoms with E-state index in [1.54, 1.807) is 13.3 Å². The summed E-state index contributed by atoms with van der Waals surface area (Å²) < 4.78 is 5.37. The van der Waals surface area contributed by atoms with E-state index in [2.05, 4.69) is 20.3 Å². The zero-order valence-corrected chi connectivity index (χ0v) is 14.5. The summed E-state index contributed by atoms with van der Waals surface area (Å²) in [6, 6.07) is 7.69. The highest BCUT2D eigenvalue weighted by molar-refractivity contribution is 5.93. The first kappa shape index (κ1) is 16.9. The molecule has 1 amide bonds. The zero-order chi connectivity index (χ0) is 18.0. The van der Waals surface area contributed by atoms with Crippen molar-refractivity contribution in [2.75, 3.05) is 13.7 Å². The van der Waals surface area contributed by atoms with Crippen LogP contribution in [0.15, 0.2) is 36.7 Å². The molecule has 0 atom stereocenters. The van der Waals surface area contributed by atoms with Gasteiger partial charge in [0.1, 0.15) is 17.1 Å². The molecule has 0 saturated heterocycles. The number of rotatable bonds is 5. The summed E-state index contributed by atoms with van der Waals surface area (Å²) in [7, 11) is 1.63. The van der Waals surface area contributed by atoms with Gasteiger partial charge in [0.25, 0.3) is 5.91 Å². The number of carbonyl (C=O) groups is 1. The minimum atomic E-state index is -0.492. The first-order chi connectivity index (χ1) is 11.9. The van der Waals surface area contributed by atoms with Gasteiger partial charge in [0.05, 0.1) is 25.2 Å². The summed E-state index contributed by atoms with van der Waals surface area (Å²) >= 11 is 0. The Kier molecular flexibility index (Phi) is 4.41. The maximum absolute atomic E-state index is 12.2. The minimum Gasteiger partial charge on any atom is -0.496 e. The van der Waals surface area contributed by atoms with Gasteiger partial charge < -0.3 is 20.8 Å². The van der Waals surface area contributed by atoms with E-state index >= 15 is 0 Å². The van der Waals surface area contributed by atoms with Crippen LogP contribution in [0.2, 0.25) is 0 Å². The lowest BCUT2D eigenvalue weighted by Gasteiger charge is -2.18. The number of methoxy groups -OCH3 is 1. The van der Waals surface area contributed by atoms with Crippen LogP contribution < -0.4 is 15.8 Å². The quantitative estimate of drug-likeness (QED) is 0.660. The predicted molar refractivity (Wildman–Crippen MR) is 96.5 cm³/mol. The van der Waals surface area contributed by atoms with Crippen LogP contribution in [0.25, 0.3) is 22.3 Å². The topological polar surface area (TPSA) is 106 Å². The molecule has 7 heteroatoms. The van der Waals surface area contributed by atoms with Gasteiger partial charge in [-0.15, -0.1) is 0 Å². The van der Waals surface area contributed by atoms with Crippen molar-refractivity contribution in [2.45, 2.75) is 19.4 Å². The molecule has 0 aliphatic heterocycles. The number of nitrogens with two attached hydrogens (primary N) is 1. The monoisotopic (exact) mass is 339 g/mol.